The molecule has 0 aromatic heterocycles. The average molecular weight is 799 g/mol. The van der Waals surface area contributed by atoms with Gasteiger partial charge in [0.25, 0.3) is 0 Å². The number of methoxy groups -OCH3 is 2. The molecule has 13 nitrogen and oxygen atoms in total. The molecule has 13 heteroatoms. The summed E-state index contributed by atoms with van der Waals surface area (Å²) in [6.07, 6.45) is 2.49. The third kappa shape index (κ3) is 6.97. The van der Waals surface area contributed by atoms with Gasteiger partial charge in [0.1, 0.15) is 35.1 Å². The maximum absolute atomic E-state index is 13.5. The second-order valence-electron chi connectivity index (χ2n) is 17.9. The van der Waals surface area contributed by atoms with E-state index in [4.69, 9.17) is 33.2 Å². The largest absolute Gasteiger partial charge is 0.458 e. The van der Waals surface area contributed by atoms with E-state index in [9.17, 15) is 30.0 Å². The molecule has 0 radical (unpaired) electrons. The van der Waals surface area contributed by atoms with E-state index in [2.05, 4.69) is 6.92 Å². The van der Waals surface area contributed by atoms with Crippen LogP contribution in [0.1, 0.15) is 98.0 Å². The molecule has 4 N–H and O–H groups in total. The minimum Gasteiger partial charge on any atom is -0.458 e. The molecule has 2 aliphatic heterocycles. The Bertz CT molecular complexity index is 1700. The molecule has 316 valence electrons. The van der Waals surface area contributed by atoms with E-state index in [1.807, 2.05) is 43.3 Å². The number of fused-ring (bicyclic) bond motifs is 5. The van der Waals surface area contributed by atoms with Crippen LogP contribution in [0.15, 0.2) is 48.1 Å². The zero-order chi connectivity index (χ0) is 41.1. The monoisotopic (exact) mass is 798 g/mol. The molecular formula is C44H62O13. The van der Waals surface area contributed by atoms with E-state index in [1.54, 1.807) is 34.1 Å². The molecule has 16 atom stereocenters. The molecule has 1 aromatic rings. The van der Waals surface area contributed by atoms with E-state index < -0.39 is 94.5 Å². The summed E-state index contributed by atoms with van der Waals surface area (Å²) in [6.45, 7) is 8.69. The molecule has 0 bridgehead atoms. The van der Waals surface area contributed by atoms with E-state index in [-0.39, 0.29) is 37.9 Å². The molecule has 2 saturated heterocycles. The number of carbonyl (C=O) groups is 2. The van der Waals surface area contributed by atoms with Crippen molar-refractivity contribution in [1.82, 2.24) is 0 Å². The maximum atomic E-state index is 13.5. The quantitative estimate of drug-likeness (QED) is 0.151. The second-order valence-corrected chi connectivity index (χ2v) is 17.9. The zero-order valence-corrected chi connectivity index (χ0v) is 34.3. The molecule has 6 aliphatic rings. The fourth-order valence-corrected chi connectivity index (χ4v) is 11.6. The first-order valence-electron chi connectivity index (χ1n) is 20.6. The number of esters is 1. The molecule has 2 heterocycles. The van der Waals surface area contributed by atoms with Crippen molar-refractivity contribution in [3.05, 3.63) is 53.6 Å². The van der Waals surface area contributed by atoms with E-state index >= 15 is 0 Å². The zero-order valence-electron chi connectivity index (χ0n) is 34.3. The summed E-state index contributed by atoms with van der Waals surface area (Å²) in [5, 5.41) is 48.1. The van der Waals surface area contributed by atoms with Gasteiger partial charge in [-0.3, -0.25) is 4.79 Å². The predicted octanol–water partition coefficient (Wildman–Crippen LogP) is 4.17. The van der Waals surface area contributed by atoms with Gasteiger partial charge in [-0.2, -0.15) is 0 Å². The summed E-state index contributed by atoms with van der Waals surface area (Å²) in [7, 11) is 3.20. The van der Waals surface area contributed by atoms with Crippen molar-refractivity contribution in [3.63, 3.8) is 0 Å². The van der Waals surface area contributed by atoms with Gasteiger partial charge in [0.05, 0.1) is 35.9 Å². The van der Waals surface area contributed by atoms with Crippen LogP contribution in [-0.2, 0) is 42.7 Å². The Morgan fingerprint density at radius 2 is 1.54 bits per heavy atom. The number of Topliss-reactive ketones (excluding diaryl/α,β-unsaturated/α-hetero) is 1. The molecule has 0 amide bonds. The van der Waals surface area contributed by atoms with Crippen LogP contribution in [0.4, 0.5) is 0 Å². The van der Waals surface area contributed by atoms with Crippen molar-refractivity contribution in [2.75, 3.05) is 14.2 Å². The van der Waals surface area contributed by atoms with Crippen molar-refractivity contribution in [1.29, 1.82) is 0 Å². The SMILES string of the molecule is CO[C@H]1C[C@H](O[C@H]2[C@@H](OC)C[C@H](O[C@H]3CC[C@@]4(C)C(=CC[C@]5(O)[C@@H]4C[C@@H](OC(=O)C=Cc4ccccc4)[C@@]4(C)[C@]5(O)CC[C@@]4(O)C(C)=O)C3)O[C@@H]2C)O[C@@H](C)[C@H]1O. The third-order valence-electron chi connectivity index (χ3n) is 15.1. The Labute approximate surface area is 335 Å². The highest BCUT2D eigenvalue weighted by Crippen LogP contribution is 2.71. The molecule has 0 unspecified atom stereocenters. The molecule has 5 fully saturated rings. The van der Waals surface area contributed by atoms with Crippen LogP contribution in [0.3, 0.4) is 0 Å². The normalized spacial score (nSPS) is 47.1. The van der Waals surface area contributed by atoms with Crippen LogP contribution in [0.5, 0.6) is 0 Å². The Morgan fingerprint density at radius 1 is 0.877 bits per heavy atom. The summed E-state index contributed by atoms with van der Waals surface area (Å²) >= 11 is 0. The Kier molecular flexibility index (Phi) is 11.8. The van der Waals surface area contributed by atoms with Gasteiger partial charge < -0.3 is 53.6 Å². The van der Waals surface area contributed by atoms with Crippen LogP contribution in [0.25, 0.3) is 6.08 Å². The van der Waals surface area contributed by atoms with Crippen LogP contribution >= 0.6 is 0 Å². The average Bonchev–Trinajstić information content (AvgIpc) is 3.42. The molecule has 3 saturated carbocycles. The standard InChI is InChI=1S/C44H62O13/c1-25-38(47)31(51-6)22-37(53-25)57-39-26(2)54-36(23-32(39)52-7)55-30-16-17-40(4)29(21-30)15-18-43(49)33(40)24-34(56-35(46)14-13-28-11-9-8-10-12-28)41(5)42(48,27(3)45)19-20-44(41,43)50/h8-15,25-26,30-34,36-39,47-50H,16-24H2,1-7H3/t25-,26+,30-,31-,32-,33+,34+,36-,37-,38+,39+,40-,41+,42+,43-,44+/m0/s1. The van der Waals surface area contributed by atoms with E-state index in [0.717, 1.165) is 11.1 Å². The lowest BCUT2D eigenvalue weighted by molar-refractivity contribution is -0.322. The van der Waals surface area contributed by atoms with Gasteiger partial charge >= 0.3 is 5.97 Å². The number of hydrogen-bond acceptors (Lipinski definition) is 13. The van der Waals surface area contributed by atoms with Crippen LogP contribution < -0.4 is 0 Å². The summed E-state index contributed by atoms with van der Waals surface area (Å²) in [4.78, 5) is 26.7. The Morgan fingerprint density at radius 3 is 2.23 bits per heavy atom. The molecule has 4 aliphatic carbocycles. The number of aliphatic hydroxyl groups excluding tert-OH is 1. The fraction of sp³-hybridized carbons (Fsp3) is 0.727. The van der Waals surface area contributed by atoms with Crippen molar-refractivity contribution in [2.24, 2.45) is 16.7 Å². The van der Waals surface area contributed by atoms with Gasteiger partial charge in [-0.15, -0.1) is 0 Å². The van der Waals surface area contributed by atoms with Crippen LogP contribution in [0, 0.1) is 16.7 Å². The second kappa shape index (κ2) is 15.8. The Hall–Kier alpha value is -2.56. The number of rotatable bonds is 10. The number of aliphatic hydroxyl groups is 4. The predicted molar refractivity (Wildman–Crippen MR) is 206 cm³/mol. The summed E-state index contributed by atoms with van der Waals surface area (Å²) in [6, 6.07) is 9.31. The molecule has 1 aromatic carbocycles. The first kappa shape index (κ1) is 42.6. The van der Waals surface area contributed by atoms with Crippen molar-refractivity contribution in [3.8, 4) is 0 Å². The molecular weight excluding hydrogens is 736 g/mol. The lowest BCUT2D eigenvalue weighted by atomic mass is 9.42. The maximum Gasteiger partial charge on any atom is 0.331 e. The number of ketones is 1. The minimum atomic E-state index is -2.02. The lowest BCUT2D eigenvalue weighted by Gasteiger charge is -2.67. The van der Waals surface area contributed by atoms with Gasteiger partial charge in [-0.25, -0.2) is 4.79 Å². The first-order valence-corrected chi connectivity index (χ1v) is 20.6. The van der Waals surface area contributed by atoms with Crippen molar-refractivity contribution >= 4 is 17.8 Å². The van der Waals surface area contributed by atoms with Gasteiger partial charge in [-0.1, -0.05) is 48.9 Å². The summed E-state index contributed by atoms with van der Waals surface area (Å²) in [5.41, 5.74) is -6.08. The molecule has 57 heavy (non-hydrogen) atoms. The Balaban J connectivity index is 1.08. The van der Waals surface area contributed by atoms with Gasteiger partial charge in [-0.05, 0) is 89.7 Å². The molecule has 7 rings (SSSR count). The summed E-state index contributed by atoms with van der Waals surface area (Å²) in [5.74, 6) is -1.75. The molecule has 0 spiro atoms. The number of carbonyl (C=O) groups excluding carboxylic acids is 2. The fourth-order valence-electron chi connectivity index (χ4n) is 11.6. The van der Waals surface area contributed by atoms with Crippen LogP contribution in [0.2, 0.25) is 0 Å². The lowest BCUT2D eigenvalue weighted by Crippen LogP contribution is -2.78. The van der Waals surface area contributed by atoms with Gasteiger partial charge in [0.2, 0.25) is 0 Å². The first-order chi connectivity index (χ1) is 26.9. The van der Waals surface area contributed by atoms with E-state index in [0.29, 0.717) is 32.1 Å². The van der Waals surface area contributed by atoms with Crippen LogP contribution in [-0.4, -0.2) is 125 Å². The van der Waals surface area contributed by atoms with Crippen molar-refractivity contribution in [2.45, 2.75) is 171 Å². The van der Waals surface area contributed by atoms with Crippen molar-refractivity contribution < 1.29 is 63.2 Å². The topological polar surface area (TPSA) is 180 Å². The summed E-state index contributed by atoms with van der Waals surface area (Å²) < 4.78 is 42.9. The highest BCUT2D eigenvalue weighted by atomic mass is 16.7. The van der Waals surface area contributed by atoms with Gasteiger partial charge in [0, 0.05) is 39.1 Å². The smallest absolute Gasteiger partial charge is 0.331 e. The number of ether oxygens (including phenoxy) is 7. The van der Waals surface area contributed by atoms with E-state index in [1.165, 1.54) is 13.0 Å². The number of hydrogen-bond donors (Lipinski definition) is 4. The van der Waals surface area contributed by atoms with Gasteiger partial charge in [0.15, 0.2) is 18.4 Å². The highest BCUT2D eigenvalue weighted by Gasteiger charge is 2.81. The highest BCUT2D eigenvalue weighted by molar-refractivity contribution is 5.88. The minimum absolute atomic E-state index is 0.0329. The number of benzene rings is 1. The third-order valence-corrected chi connectivity index (χ3v) is 15.1.